The lowest BCUT2D eigenvalue weighted by atomic mass is 9.64. The van der Waals surface area contributed by atoms with Crippen LogP contribution in [0.5, 0.6) is 0 Å². The molecular formula is C15H29N3O3. The van der Waals surface area contributed by atoms with Gasteiger partial charge in [-0.3, -0.25) is 9.59 Å². The molecule has 0 bridgehead atoms. The number of carbonyl (C=O) groups is 2. The highest BCUT2D eigenvalue weighted by Gasteiger charge is 2.49. The molecule has 1 rings (SSSR count). The molecule has 0 aromatic carbocycles. The molecule has 1 aliphatic carbocycles. The van der Waals surface area contributed by atoms with E-state index < -0.39 is 6.04 Å². The maximum absolute atomic E-state index is 11.9. The van der Waals surface area contributed by atoms with Gasteiger partial charge in [0.05, 0.1) is 18.7 Å². The second-order valence-electron chi connectivity index (χ2n) is 6.61. The van der Waals surface area contributed by atoms with E-state index in [2.05, 4.69) is 24.5 Å². The van der Waals surface area contributed by atoms with Crippen LogP contribution in [-0.4, -0.2) is 43.2 Å². The highest BCUT2D eigenvalue weighted by molar-refractivity contribution is 5.87. The molecule has 4 N–H and O–H groups in total. The summed E-state index contributed by atoms with van der Waals surface area (Å²) in [4.78, 5) is 23.6. The van der Waals surface area contributed by atoms with Crippen LogP contribution in [-0.2, 0) is 14.3 Å². The molecular weight excluding hydrogens is 270 g/mol. The van der Waals surface area contributed by atoms with E-state index in [9.17, 15) is 9.59 Å². The predicted molar refractivity (Wildman–Crippen MR) is 81.6 cm³/mol. The van der Waals surface area contributed by atoms with E-state index in [1.807, 2.05) is 20.8 Å². The summed E-state index contributed by atoms with van der Waals surface area (Å²) in [5.41, 5.74) is 5.64. The highest BCUT2D eigenvalue weighted by Crippen LogP contribution is 2.42. The van der Waals surface area contributed by atoms with Crippen LogP contribution in [0.2, 0.25) is 0 Å². The Bertz CT molecular complexity index is 382. The number of nitrogens with two attached hydrogens (primary N) is 1. The predicted octanol–water partition coefficient (Wildman–Crippen LogP) is 0.406. The van der Waals surface area contributed by atoms with E-state index in [0.29, 0.717) is 6.61 Å². The van der Waals surface area contributed by atoms with Crippen LogP contribution in [0.4, 0.5) is 0 Å². The van der Waals surface area contributed by atoms with Gasteiger partial charge < -0.3 is 21.1 Å². The minimum atomic E-state index is -0.583. The Hall–Kier alpha value is -1.14. The molecule has 6 nitrogen and oxygen atoms in total. The number of nitrogens with one attached hydrogen (secondary N) is 2. The molecule has 0 radical (unpaired) electrons. The minimum Gasteiger partial charge on any atom is -0.378 e. The van der Waals surface area contributed by atoms with Crippen molar-refractivity contribution in [3.63, 3.8) is 0 Å². The van der Waals surface area contributed by atoms with E-state index in [1.165, 1.54) is 0 Å². The van der Waals surface area contributed by atoms with Gasteiger partial charge in [0, 0.05) is 18.1 Å². The van der Waals surface area contributed by atoms with Gasteiger partial charge in [-0.05, 0) is 19.3 Å². The van der Waals surface area contributed by atoms with Gasteiger partial charge in [-0.15, -0.1) is 0 Å². The van der Waals surface area contributed by atoms with Crippen LogP contribution in [0.3, 0.4) is 0 Å². The summed E-state index contributed by atoms with van der Waals surface area (Å²) in [6.07, 6.45) is 0.989. The Morgan fingerprint density at radius 1 is 1.38 bits per heavy atom. The van der Waals surface area contributed by atoms with Crippen LogP contribution < -0.4 is 16.4 Å². The fourth-order valence-corrected chi connectivity index (χ4v) is 2.45. The Labute approximate surface area is 127 Å². The fourth-order valence-electron chi connectivity index (χ4n) is 2.45. The third-order valence-corrected chi connectivity index (χ3v) is 4.32. The van der Waals surface area contributed by atoms with Crippen molar-refractivity contribution in [1.82, 2.24) is 10.6 Å². The van der Waals surface area contributed by atoms with Crippen molar-refractivity contribution in [2.45, 2.75) is 59.2 Å². The van der Waals surface area contributed by atoms with Crippen LogP contribution in [0, 0.1) is 11.3 Å². The summed E-state index contributed by atoms with van der Waals surface area (Å²) in [5, 5.41) is 5.52. The van der Waals surface area contributed by atoms with Crippen molar-refractivity contribution in [1.29, 1.82) is 0 Å². The third-order valence-electron chi connectivity index (χ3n) is 4.32. The van der Waals surface area contributed by atoms with Crippen LogP contribution in [0.25, 0.3) is 0 Å². The minimum absolute atomic E-state index is 0.0366. The zero-order chi connectivity index (χ0) is 16.2. The number of carbonyl (C=O) groups excluding carboxylic acids is 2. The zero-order valence-corrected chi connectivity index (χ0v) is 13.7. The first-order valence-corrected chi connectivity index (χ1v) is 7.64. The lowest BCUT2D eigenvalue weighted by Crippen LogP contribution is -2.63. The fraction of sp³-hybridized carbons (Fsp3) is 0.867. The summed E-state index contributed by atoms with van der Waals surface area (Å²) >= 11 is 0. The van der Waals surface area contributed by atoms with Gasteiger partial charge in [-0.1, -0.05) is 27.7 Å². The first kappa shape index (κ1) is 17.9. The second-order valence-corrected chi connectivity index (χ2v) is 6.61. The maximum atomic E-state index is 11.9. The Morgan fingerprint density at radius 3 is 2.48 bits per heavy atom. The highest BCUT2D eigenvalue weighted by atomic mass is 16.5. The number of hydrogen-bond acceptors (Lipinski definition) is 4. The quantitative estimate of drug-likeness (QED) is 0.634. The van der Waals surface area contributed by atoms with Gasteiger partial charge in [0.15, 0.2) is 0 Å². The van der Waals surface area contributed by atoms with E-state index in [4.69, 9.17) is 10.5 Å². The zero-order valence-electron chi connectivity index (χ0n) is 13.7. The molecule has 1 aliphatic rings. The largest absolute Gasteiger partial charge is 0.378 e. The van der Waals surface area contributed by atoms with Crippen molar-refractivity contribution in [2.24, 2.45) is 17.1 Å². The molecule has 122 valence electrons. The second kappa shape index (κ2) is 7.22. The van der Waals surface area contributed by atoms with Gasteiger partial charge in [0.1, 0.15) is 0 Å². The molecule has 0 aromatic rings. The molecule has 0 heterocycles. The van der Waals surface area contributed by atoms with Gasteiger partial charge >= 0.3 is 0 Å². The number of rotatable bonds is 7. The van der Waals surface area contributed by atoms with E-state index >= 15 is 0 Å². The third kappa shape index (κ3) is 4.41. The first-order valence-electron chi connectivity index (χ1n) is 7.64. The lowest BCUT2D eigenvalue weighted by molar-refractivity contribution is -0.137. The average molecular weight is 299 g/mol. The van der Waals surface area contributed by atoms with Gasteiger partial charge in [-0.25, -0.2) is 0 Å². The topological polar surface area (TPSA) is 93.5 Å². The molecule has 0 aromatic heterocycles. The molecule has 0 aliphatic heterocycles. The van der Waals surface area contributed by atoms with E-state index in [-0.39, 0.29) is 41.8 Å². The molecule has 0 spiro atoms. The van der Waals surface area contributed by atoms with Gasteiger partial charge in [0.2, 0.25) is 11.8 Å². The van der Waals surface area contributed by atoms with Gasteiger partial charge in [0.25, 0.3) is 0 Å². The van der Waals surface area contributed by atoms with Crippen LogP contribution >= 0.6 is 0 Å². The molecule has 1 fully saturated rings. The molecule has 6 heteroatoms. The van der Waals surface area contributed by atoms with Crippen LogP contribution in [0.15, 0.2) is 0 Å². The normalized spacial score (nSPS) is 25.1. The van der Waals surface area contributed by atoms with Crippen molar-refractivity contribution < 1.29 is 14.3 Å². The Morgan fingerprint density at radius 2 is 2.00 bits per heavy atom. The molecule has 21 heavy (non-hydrogen) atoms. The number of ether oxygens (including phenoxy) is 1. The van der Waals surface area contributed by atoms with Crippen molar-refractivity contribution >= 4 is 11.8 Å². The summed E-state index contributed by atoms with van der Waals surface area (Å²) in [5.74, 6) is -0.432. The smallest absolute Gasteiger partial charge is 0.239 e. The number of amides is 2. The maximum Gasteiger partial charge on any atom is 0.239 e. The standard InChI is InChI=1S/C15H29N3O3/c1-6-21-11-7-10(15(11,4)5)18-12(19)8-17-14(20)13(16)9(2)3/h9-11,13H,6-8,16H2,1-5H3,(H,17,20)(H,18,19)/t10?,11?,13-/m0/s1. The number of hydrogen-bond donors (Lipinski definition) is 3. The molecule has 0 saturated heterocycles. The van der Waals surface area contributed by atoms with E-state index in [1.54, 1.807) is 0 Å². The van der Waals surface area contributed by atoms with Crippen molar-refractivity contribution in [3.05, 3.63) is 0 Å². The molecule has 2 unspecified atom stereocenters. The average Bonchev–Trinajstić information content (AvgIpc) is 2.42. The monoisotopic (exact) mass is 299 g/mol. The molecule has 2 amide bonds. The molecule has 1 saturated carbocycles. The summed E-state index contributed by atoms with van der Waals surface area (Å²) < 4.78 is 5.62. The first-order chi connectivity index (χ1) is 9.70. The summed E-state index contributed by atoms with van der Waals surface area (Å²) in [6, 6.07) is -0.502. The Kier molecular flexibility index (Phi) is 6.16. The molecule has 3 atom stereocenters. The Balaban J connectivity index is 2.34. The van der Waals surface area contributed by atoms with Crippen molar-refractivity contribution in [3.8, 4) is 0 Å². The summed E-state index contributed by atoms with van der Waals surface area (Å²) in [7, 11) is 0. The van der Waals surface area contributed by atoms with Crippen LogP contribution in [0.1, 0.15) is 41.0 Å². The van der Waals surface area contributed by atoms with Gasteiger partial charge in [-0.2, -0.15) is 0 Å². The van der Waals surface area contributed by atoms with E-state index in [0.717, 1.165) is 6.42 Å². The summed E-state index contributed by atoms with van der Waals surface area (Å²) in [6.45, 7) is 10.5. The SMILES string of the molecule is CCOC1CC(NC(=O)CNC(=O)[C@@H](N)C(C)C)C1(C)C. The lowest BCUT2D eigenvalue weighted by Gasteiger charge is -2.51. The van der Waals surface area contributed by atoms with Crippen molar-refractivity contribution in [2.75, 3.05) is 13.2 Å².